The molecule has 4 nitrogen and oxygen atoms in total. The molecular weight excluding hydrogens is 250 g/mol. The molecule has 0 aromatic heterocycles. The summed E-state index contributed by atoms with van der Waals surface area (Å²) in [6, 6.07) is 8.06. The van der Waals surface area contributed by atoms with Gasteiger partial charge in [-0.25, -0.2) is 0 Å². The lowest BCUT2D eigenvalue weighted by Gasteiger charge is -2.30. The van der Waals surface area contributed by atoms with Crippen LogP contribution in [0, 0.1) is 5.92 Å². The highest BCUT2D eigenvalue weighted by molar-refractivity contribution is 5.87. The van der Waals surface area contributed by atoms with Crippen LogP contribution in [0.3, 0.4) is 0 Å². The first-order chi connectivity index (χ1) is 9.72. The number of nitrogens with one attached hydrogen (secondary N) is 2. The molecule has 1 fully saturated rings. The fourth-order valence-corrected chi connectivity index (χ4v) is 3.26. The van der Waals surface area contributed by atoms with Crippen LogP contribution in [0.5, 0.6) is 0 Å². The Morgan fingerprint density at radius 1 is 1.45 bits per heavy atom. The van der Waals surface area contributed by atoms with Gasteiger partial charge in [0.05, 0.1) is 0 Å². The van der Waals surface area contributed by atoms with E-state index in [9.17, 15) is 4.79 Å². The van der Waals surface area contributed by atoms with Gasteiger partial charge in [0.2, 0.25) is 5.91 Å². The minimum absolute atomic E-state index is 0.103. The lowest BCUT2D eigenvalue weighted by Crippen LogP contribution is -2.43. The van der Waals surface area contributed by atoms with Crippen LogP contribution in [-0.4, -0.2) is 43.5 Å². The molecule has 2 aliphatic rings. The lowest BCUT2D eigenvalue weighted by molar-refractivity contribution is -0.122. The molecular formula is C16H23N3O. The van der Waals surface area contributed by atoms with Crippen LogP contribution in [0.15, 0.2) is 24.3 Å². The molecule has 2 atom stereocenters. The first-order valence-corrected chi connectivity index (χ1v) is 7.53. The third-order valence-electron chi connectivity index (χ3n) is 4.37. The van der Waals surface area contributed by atoms with Gasteiger partial charge < -0.3 is 15.5 Å². The first-order valence-electron chi connectivity index (χ1n) is 7.53. The summed E-state index contributed by atoms with van der Waals surface area (Å²) in [4.78, 5) is 14.6. The zero-order valence-corrected chi connectivity index (χ0v) is 12.1. The second-order valence-corrected chi connectivity index (χ2v) is 6.07. The van der Waals surface area contributed by atoms with E-state index in [1.807, 2.05) is 18.2 Å². The van der Waals surface area contributed by atoms with Gasteiger partial charge in [0.1, 0.15) is 6.04 Å². The monoisotopic (exact) mass is 273 g/mol. The predicted molar refractivity (Wildman–Crippen MR) is 80.8 cm³/mol. The second kappa shape index (κ2) is 5.83. The third kappa shape index (κ3) is 2.96. The van der Waals surface area contributed by atoms with E-state index in [-0.39, 0.29) is 11.9 Å². The van der Waals surface area contributed by atoms with Gasteiger partial charge in [0.15, 0.2) is 0 Å². The smallest absolute Gasteiger partial charge is 0.242 e. The van der Waals surface area contributed by atoms with Crippen LogP contribution >= 0.6 is 0 Å². The SMILES string of the molecule is CN1CCCC(CNC(=O)C2Cc3ccccc3N2)C1. The van der Waals surface area contributed by atoms with Gasteiger partial charge in [-0.1, -0.05) is 18.2 Å². The molecule has 0 bridgehead atoms. The fourth-order valence-electron chi connectivity index (χ4n) is 3.26. The van der Waals surface area contributed by atoms with Crippen molar-refractivity contribution in [2.45, 2.75) is 25.3 Å². The van der Waals surface area contributed by atoms with E-state index in [0.717, 1.165) is 25.2 Å². The minimum atomic E-state index is -0.103. The standard InChI is InChI=1S/C16H23N3O/c1-19-8-4-5-12(11-19)10-17-16(20)15-9-13-6-2-3-7-14(13)18-15/h2-3,6-7,12,15,18H,4-5,8-11H2,1H3,(H,17,20). The molecule has 2 heterocycles. The minimum Gasteiger partial charge on any atom is -0.373 e. The van der Waals surface area contributed by atoms with Crippen molar-refractivity contribution in [3.8, 4) is 0 Å². The Hall–Kier alpha value is -1.55. The summed E-state index contributed by atoms with van der Waals surface area (Å²) >= 11 is 0. The molecule has 0 saturated carbocycles. The number of hydrogen-bond donors (Lipinski definition) is 2. The van der Waals surface area contributed by atoms with E-state index in [0.29, 0.717) is 5.92 Å². The Morgan fingerprint density at radius 2 is 2.30 bits per heavy atom. The van der Waals surface area contributed by atoms with Crippen molar-refractivity contribution in [3.63, 3.8) is 0 Å². The predicted octanol–water partition coefficient (Wildman–Crippen LogP) is 1.48. The Balaban J connectivity index is 1.49. The number of amides is 1. The van der Waals surface area contributed by atoms with Gasteiger partial charge >= 0.3 is 0 Å². The van der Waals surface area contributed by atoms with Crippen molar-refractivity contribution in [2.24, 2.45) is 5.92 Å². The largest absolute Gasteiger partial charge is 0.373 e. The highest BCUT2D eigenvalue weighted by Gasteiger charge is 2.27. The summed E-state index contributed by atoms with van der Waals surface area (Å²) in [5.41, 5.74) is 2.34. The highest BCUT2D eigenvalue weighted by Crippen LogP contribution is 2.25. The molecule has 108 valence electrons. The first kappa shape index (κ1) is 13.4. The van der Waals surface area contributed by atoms with E-state index in [2.05, 4.69) is 28.6 Å². The van der Waals surface area contributed by atoms with Crippen LogP contribution < -0.4 is 10.6 Å². The van der Waals surface area contributed by atoms with E-state index in [1.165, 1.54) is 24.9 Å². The van der Waals surface area contributed by atoms with Crippen molar-refractivity contribution in [3.05, 3.63) is 29.8 Å². The van der Waals surface area contributed by atoms with Gasteiger partial charge in [-0.15, -0.1) is 0 Å². The van der Waals surface area contributed by atoms with Crippen molar-refractivity contribution in [1.29, 1.82) is 0 Å². The molecule has 20 heavy (non-hydrogen) atoms. The number of anilines is 1. The Kier molecular flexibility index (Phi) is 3.92. The van der Waals surface area contributed by atoms with Gasteiger partial charge in [-0.05, 0) is 44.0 Å². The molecule has 2 unspecified atom stereocenters. The van der Waals surface area contributed by atoms with Crippen molar-refractivity contribution < 1.29 is 4.79 Å². The average Bonchev–Trinajstić information content (AvgIpc) is 2.89. The number of fused-ring (bicyclic) bond motifs is 1. The zero-order chi connectivity index (χ0) is 13.9. The third-order valence-corrected chi connectivity index (χ3v) is 4.37. The summed E-state index contributed by atoms with van der Waals surface area (Å²) in [7, 11) is 2.16. The van der Waals surface area contributed by atoms with Crippen LogP contribution in [-0.2, 0) is 11.2 Å². The molecule has 0 radical (unpaired) electrons. The maximum Gasteiger partial charge on any atom is 0.242 e. The Labute approximate surface area is 120 Å². The average molecular weight is 273 g/mol. The van der Waals surface area contributed by atoms with Crippen molar-refractivity contribution in [2.75, 3.05) is 32.0 Å². The van der Waals surface area contributed by atoms with Crippen molar-refractivity contribution in [1.82, 2.24) is 10.2 Å². The van der Waals surface area contributed by atoms with E-state index in [4.69, 9.17) is 0 Å². The number of nitrogens with zero attached hydrogens (tertiary/aromatic N) is 1. The number of rotatable bonds is 3. The van der Waals surface area contributed by atoms with Gasteiger partial charge in [0.25, 0.3) is 0 Å². The van der Waals surface area contributed by atoms with Crippen LogP contribution in [0.2, 0.25) is 0 Å². The lowest BCUT2D eigenvalue weighted by atomic mass is 9.98. The normalized spacial score (nSPS) is 25.9. The number of benzene rings is 1. The van der Waals surface area contributed by atoms with Gasteiger partial charge in [-0.2, -0.15) is 0 Å². The maximum atomic E-state index is 12.3. The highest BCUT2D eigenvalue weighted by atomic mass is 16.2. The molecule has 1 aromatic rings. The van der Waals surface area contributed by atoms with Gasteiger partial charge in [-0.3, -0.25) is 4.79 Å². The summed E-state index contributed by atoms with van der Waals surface area (Å²) in [6.07, 6.45) is 3.26. The van der Waals surface area contributed by atoms with E-state index < -0.39 is 0 Å². The number of likely N-dealkylation sites (tertiary alicyclic amines) is 1. The van der Waals surface area contributed by atoms with E-state index >= 15 is 0 Å². The molecule has 1 aromatic carbocycles. The molecule has 2 N–H and O–H groups in total. The summed E-state index contributed by atoms with van der Waals surface area (Å²) < 4.78 is 0. The second-order valence-electron chi connectivity index (χ2n) is 6.07. The number of carbonyl (C=O) groups excluding carboxylic acids is 1. The molecule has 0 spiro atoms. The zero-order valence-electron chi connectivity index (χ0n) is 12.1. The molecule has 1 saturated heterocycles. The molecule has 3 rings (SSSR count). The number of piperidine rings is 1. The van der Waals surface area contributed by atoms with Gasteiger partial charge in [0, 0.05) is 25.2 Å². The number of hydrogen-bond acceptors (Lipinski definition) is 3. The molecule has 1 amide bonds. The van der Waals surface area contributed by atoms with E-state index in [1.54, 1.807) is 0 Å². The number of para-hydroxylation sites is 1. The fraction of sp³-hybridized carbons (Fsp3) is 0.562. The topological polar surface area (TPSA) is 44.4 Å². The quantitative estimate of drug-likeness (QED) is 0.877. The summed E-state index contributed by atoms with van der Waals surface area (Å²) in [5.74, 6) is 0.732. The van der Waals surface area contributed by atoms with Crippen LogP contribution in [0.1, 0.15) is 18.4 Å². The Morgan fingerprint density at radius 3 is 3.10 bits per heavy atom. The Bertz CT molecular complexity index is 463. The van der Waals surface area contributed by atoms with Crippen molar-refractivity contribution >= 4 is 11.6 Å². The summed E-state index contributed by atoms with van der Waals surface area (Å²) in [6.45, 7) is 3.08. The van der Waals surface area contributed by atoms with Crippen LogP contribution in [0.4, 0.5) is 5.69 Å². The molecule has 4 heteroatoms. The number of carbonyl (C=O) groups is 1. The molecule has 2 aliphatic heterocycles. The van der Waals surface area contributed by atoms with Crippen LogP contribution in [0.25, 0.3) is 0 Å². The molecule has 0 aliphatic carbocycles. The maximum absolute atomic E-state index is 12.3. The summed E-state index contributed by atoms with van der Waals surface area (Å²) in [5, 5.41) is 6.43.